The van der Waals surface area contributed by atoms with Gasteiger partial charge in [-0.3, -0.25) is 4.79 Å². The van der Waals surface area contributed by atoms with Crippen LogP contribution in [0.15, 0.2) is 12.1 Å². The highest BCUT2D eigenvalue weighted by atomic mass is 32.3. The summed E-state index contributed by atoms with van der Waals surface area (Å²) in [5.74, 6) is -1.28. The van der Waals surface area contributed by atoms with Crippen molar-refractivity contribution in [2.75, 3.05) is 31.1 Å². The standard InChI is InChI=1S/C13H17FN2O5S/c1-9-10(7-13(17)18)6-11(21-22(14,19)20)8-12(9)16-4-2-15-3-5-16/h6,8,15H,2-5,7H2,1H3,(H,17,18). The van der Waals surface area contributed by atoms with Gasteiger partial charge in [0.05, 0.1) is 6.42 Å². The normalized spacial score (nSPS) is 15.6. The highest BCUT2D eigenvalue weighted by Crippen LogP contribution is 2.31. The molecule has 1 heterocycles. The maximum atomic E-state index is 12.8. The second-order valence-electron chi connectivity index (χ2n) is 5.01. The first-order valence-electron chi connectivity index (χ1n) is 6.71. The Balaban J connectivity index is 2.44. The minimum Gasteiger partial charge on any atom is -0.481 e. The molecule has 22 heavy (non-hydrogen) atoms. The van der Waals surface area contributed by atoms with Gasteiger partial charge in [-0.25, -0.2) is 0 Å². The van der Waals surface area contributed by atoms with Crippen LogP contribution in [0.25, 0.3) is 0 Å². The van der Waals surface area contributed by atoms with Crippen LogP contribution in [0, 0.1) is 6.92 Å². The molecule has 2 N–H and O–H groups in total. The van der Waals surface area contributed by atoms with Gasteiger partial charge in [-0.2, -0.15) is 8.42 Å². The van der Waals surface area contributed by atoms with Crippen molar-refractivity contribution >= 4 is 22.2 Å². The summed E-state index contributed by atoms with van der Waals surface area (Å²) in [5, 5.41) is 12.1. The molecule has 0 radical (unpaired) electrons. The highest BCUT2D eigenvalue weighted by molar-refractivity contribution is 7.81. The smallest absolute Gasteiger partial charge is 0.481 e. The highest BCUT2D eigenvalue weighted by Gasteiger charge is 2.20. The van der Waals surface area contributed by atoms with Gasteiger partial charge in [0.15, 0.2) is 0 Å². The van der Waals surface area contributed by atoms with Crippen LogP contribution in [-0.4, -0.2) is 45.7 Å². The Kier molecular flexibility index (Phi) is 4.87. The first-order valence-corrected chi connectivity index (χ1v) is 8.02. The number of hydrogen-bond acceptors (Lipinski definition) is 6. The van der Waals surface area contributed by atoms with Crippen LogP contribution in [-0.2, 0) is 21.7 Å². The molecule has 0 amide bonds. The summed E-state index contributed by atoms with van der Waals surface area (Å²) < 4.78 is 38.4. The zero-order valence-electron chi connectivity index (χ0n) is 12.0. The van der Waals surface area contributed by atoms with Crippen LogP contribution < -0.4 is 14.4 Å². The summed E-state index contributed by atoms with van der Waals surface area (Å²) in [4.78, 5) is 12.9. The molecule has 1 fully saturated rings. The van der Waals surface area contributed by atoms with E-state index in [1.807, 2.05) is 4.90 Å². The predicted octanol–water partition coefficient (Wildman–Crippen LogP) is 0.625. The van der Waals surface area contributed by atoms with E-state index >= 15 is 0 Å². The number of aliphatic carboxylic acids is 1. The van der Waals surface area contributed by atoms with Crippen molar-refractivity contribution in [1.82, 2.24) is 5.32 Å². The van der Waals surface area contributed by atoms with Gasteiger partial charge in [0.1, 0.15) is 5.75 Å². The quantitative estimate of drug-likeness (QED) is 0.763. The Labute approximate surface area is 128 Å². The number of hydrogen-bond donors (Lipinski definition) is 2. The van der Waals surface area contributed by atoms with Crippen LogP contribution in [0.3, 0.4) is 0 Å². The van der Waals surface area contributed by atoms with E-state index in [0.717, 1.165) is 13.1 Å². The molecule has 122 valence electrons. The van der Waals surface area contributed by atoms with Crippen molar-refractivity contribution in [3.63, 3.8) is 0 Å². The molecule has 1 aromatic carbocycles. The van der Waals surface area contributed by atoms with Crippen LogP contribution in [0.5, 0.6) is 5.75 Å². The number of anilines is 1. The van der Waals surface area contributed by atoms with Gasteiger partial charge in [-0.15, -0.1) is 0 Å². The van der Waals surface area contributed by atoms with Crippen molar-refractivity contribution in [3.8, 4) is 5.75 Å². The Hall–Kier alpha value is -1.87. The second-order valence-corrected chi connectivity index (χ2v) is 5.96. The molecular weight excluding hydrogens is 315 g/mol. The summed E-state index contributed by atoms with van der Waals surface area (Å²) in [6.45, 7) is 4.61. The lowest BCUT2D eigenvalue weighted by Crippen LogP contribution is -2.43. The summed E-state index contributed by atoms with van der Waals surface area (Å²) in [7, 11) is -5.16. The Bertz CT molecular complexity index is 671. The van der Waals surface area contributed by atoms with Gasteiger partial charge in [-0.05, 0) is 24.1 Å². The number of carboxylic acid groups (broad SMARTS) is 1. The van der Waals surface area contributed by atoms with Crippen molar-refractivity contribution in [1.29, 1.82) is 0 Å². The van der Waals surface area contributed by atoms with E-state index in [4.69, 9.17) is 5.11 Å². The lowest BCUT2D eigenvalue weighted by atomic mass is 10.0. The van der Waals surface area contributed by atoms with Gasteiger partial charge < -0.3 is 19.5 Å². The fourth-order valence-electron chi connectivity index (χ4n) is 2.47. The number of rotatable bonds is 5. The number of halogens is 1. The fraction of sp³-hybridized carbons (Fsp3) is 0.462. The van der Waals surface area contributed by atoms with E-state index < -0.39 is 16.5 Å². The molecule has 0 spiro atoms. The summed E-state index contributed by atoms with van der Waals surface area (Å²) in [6.07, 6.45) is -0.297. The maximum Gasteiger partial charge on any atom is 0.488 e. The number of carboxylic acids is 1. The minimum atomic E-state index is -5.16. The predicted molar refractivity (Wildman–Crippen MR) is 78.3 cm³/mol. The molecular formula is C13H17FN2O5S. The van der Waals surface area contributed by atoms with Gasteiger partial charge in [0.25, 0.3) is 0 Å². The molecule has 1 saturated heterocycles. The van der Waals surface area contributed by atoms with E-state index in [2.05, 4.69) is 9.50 Å². The molecule has 0 aromatic heterocycles. The average Bonchev–Trinajstić information content (AvgIpc) is 2.41. The third-order valence-corrected chi connectivity index (χ3v) is 3.85. The molecule has 7 nitrogen and oxygen atoms in total. The van der Waals surface area contributed by atoms with E-state index in [0.29, 0.717) is 29.9 Å². The molecule has 1 aliphatic heterocycles. The Morgan fingerprint density at radius 2 is 2.05 bits per heavy atom. The number of nitrogens with zero attached hydrogens (tertiary/aromatic N) is 1. The Morgan fingerprint density at radius 1 is 1.41 bits per heavy atom. The Morgan fingerprint density at radius 3 is 2.59 bits per heavy atom. The molecule has 1 aromatic rings. The molecule has 0 atom stereocenters. The molecule has 0 unspecified atom stereocenters. The van der Waals surface area contributed by atoms with Crippen molar-refractivity contribution < 1.29 is 26.4 Å². The first kappa shape index (κ1) is 16.5. The van der Waals surface area contributed by atoms with E-state index in [1.54, 1.807) is 6.92 Å². The van der Waals surface area contributed by atoms with Gasteiger partial charge in [-0.1, -0.05) is 3.89 Å². The maximum absolute atomic E-state index is 12.8. The van der Waals surface area contributed by atoms with E-state index in [9.17, 15) is 17.1 Å². The van der Waals surface area contributed by atoms with Crippen molar-refractivity contribution in [2.45, 2.75) is 13.3 Å². The number of carbonyl (C=O) groups is 1. The molecule has 0 saturated carbocycles. The lowest BCUT2D eigenvalue weighted by Gasteiger charge is -2.31. The molecule has 9 heteroatoms. The summed E-state index contributed by atoms with van der Waals surface area (Å²) in [5.41, 5.74) is 1.76. The number of benzene rings is 1. The van der Waals surface area contributed by atoms with Gasteiger partial charge >= 0.3 is 16.5 Å². The third kappa shape index (κ3) is 4.31. The van der Waals surface area contributed by atoms with E-state index in [-0.39, 0.29) is 12.2 Å². The molecule has 2 rings (SSSR count). The topological polar surface area (TPSA) is 95.9 Å². The fourth-order valence-corrected chi connectivity index (χ4v) is 2.80. The first-order chi connectivity index (χ1) is 10.3. The second kappa shape index (κ2) is 6.49. The molecule has 0 bridgehead atoms. The molecule has 1 aliphatic rings. The van der Waals surface area contributed by atoms with Crippen molar-refractivity contribution in [2.24, 2.45) is 0 Å². The van der Waals surface area contributed by atoms with Crippen LogP contribution in [0.1, 0.15) is 11.1 Å². The zero-order chi connectivity index (χ0) is 16.3. The molecule has 0 aliphatic carbocycles. The lowest BCUT2D eigenvalue weighted by molar-refractivity contribution is -0.136. The summed E-state index contributed by atoms with van der Waals surface area (Å²) >= 11 is 0. The third-order valence-electron chi connectivity index (χ3n) is 3.46. The number of piperazine rings is 1. The SMILES string of the molecule is Cc1c(CC(=O)O)cc(OS(=O)(=O)F)cc1N1CCNCC1. The van der Waals surface area contributed by atoms with Crippen LogP contribution in [0.2, 0.25) is 0 Å². The summed E-state index contributed by atoms with van der Waals surface area (Å²) in [6, 6.07) is 2.66. The van der Waals surface area contributed by atoms with Crippen molar-refractivity contribution in [3.05, 3.63) is 23.3 Å². The monoisotopic (exact) mass is 332 g/mol. The average molecular weight is 332 g/mol. The van der Waals surface area contributed by atoms with Gasteiger partial charge in [0.2, 0.25) is 0 Å². The van der Waals surface area contributed by atoms with Crippen LogP contribution >= 0.6 is 0 Å². The van der Waals surface area contributed by atoms with E-state index in [1.165, 1.54) is 12.1 Å². The number of nitrogens with one attached hydrogen (secondary N) is 1. The van der Waals surface area contributed by atoms with Gasteiger partial charge in [0, 0.05) is 37.9 Å². The minimum absolute atomic E-state index is 0.224. The van der Waals surface area contributed by atoms with Crippen LogP contribution in [0.4, 0.5) is 9.57 Å². The largest absolute Gasteiger partial charge is 0.488 e. The zero-order valence-corrected chi connectivity index (χ0v) is 12.8.